The van der Waals surface area contributed by atoms with E-state index in [1.807, 2.05) is 24.3 Å². The summed E-state index contributed by atoms with van der Waals surface area (Å²) in [4.78, 5) is 14.5. The van der Waals surface area contributed by atoms with Crippen LogP contribution >= 0.6 is 0 Å². The SMILES string of the molecule is CCc1cccc(-n2cnc(C(=O)O)c2)c1. The second kappa shape index (κ2) is 4.18. The zero-order valence-corrected chi connectivity index (χ0v) is 8.92. The molecule has 0 fully saturated rings. The predicted molar refractivity (Wildman–Crippen MR) is 59.9 cm³/mol. The molecular formula is C12H12N2O2. The van der Waals surface area contributed by atoms with Crippen LogP contribution < -0.4 is 0 Å². The van der Waals surface area contributed by atoms with Gasteiger partial charge in [-0.1, -0.05) is 19.1 Å². The van der Waals surface area contributed by atoms with E-state index in [2.05, 4.69) is 11.9 Å². The predicted octanol–water partition coefficient (Wildman–Crippen LogP) is 2.13. The Balaban J connectivity index is 2.38. The van der Waals surface area contributed by atoms with Crippen molar-refractivity contribution in [2.75, 3.05) is 0 Å². The average molecular weight is 216 g/mol. The Morgan fingerprint density at radius 1 is 1.50 bits per heavy atom. The minimum absolute atomic E-state index is 0.0573. The van der Waals surface area contributed by atoms with Crippen LogP contribution in [0.1, 0.15) is 23.0 Å². The van der Waals surface area contributed by atoms with Crippen LogP contribution in [0.4, 0.5) is 0 Å². The van der Waals surface area contributed by atoms with E-state index in [0.717, 1.165) is 12.1 Å². The number of carboxylic acid groups (broad SMARTS) is 1. The van der Waals surface area contributed by atoms with Gasteiger partial charge in [0, 0.05) is 11.9 Å². The van der Waals surface area contributed by atoms with E-state index in [9.17, 15) is 4.79 Å². The first-order chi connectivity index (χ1) is 7.70. The number of aromatic carboxylic acids is 1. The van der Waals surface area contributed by atoms with Crippen LogP contribution in [-0.2, 0) is 6.42 Å². The highest BCUT2D eigenvalue weighted by Gasteiger charge is 2.07. The van der Waals surface area contributed by atoms with E-state index >= 15 is 0 Å². The fourth-order valence-corrected chi connectivity index (χ4v) is 1.51. The van der Waals surface area contributed by atoms with Crippen molar-refractivity contribution in [3.8, 4) is 5.69 Å². The van der Waals surface area contributed by atoms with Gasteiger partial charge in [0.25, 0.3) is 0 Å². The smallest absolute Gasteiger partial charge is 0.356 e. The normalized spacial score (nSPS) is 10.3. The maximum atomic E-state index is 10.7. The van der Waals surface area contributed by atoms with E-state index < -0.39 is 5.97 Å². The van der Waals surface area contributed by atoms with Crippen molar-refractivity contribution in [3.63, 3.8) is 0 Å². The fraction of sp³-hybridized carbons (Fsp3) is 0.167. The van der Waals surface area contributed by atoms with Gasteiger partial charge >= 0.3 is 5.97 Å². The average Bonchev–Trinajstić information content (AvgIpc) is 2.78. The summed E-state index contributed by atoms with van der Waals surface area (Å²) in [5.74, 6) is -1.01. The highest BCUT2D eigenvalue weighted by molar-refractivity contribution is 5.85. The number of carbonyl (C=O) groups is 1. The molecule has 0 unspecified atom stereocenters. The molecule has 0 aliphatic rings. The molecule has 1 aromatic heterocycles. The van der Waals surface area contributed by atoms with E-state index in [1.54, 1.807) is 4.57 Å². The van der Waals surface area contributed by atoms with Crippen molar-refractivity contribution in [1.29, 1.82) is 0 Å². The number of imidazole rings is 1. The van der Waals surface area contributed by atoms with E-state index in [0.29, 0.717) is 0 Å². The van der Waals surface area contributed by atoms with Crippen LogP contribution in [0.5, 0.6) is 0 Å². The van der Waals surface area contributed by atoms with Crippen LogP contribution in [0.3, 0.4) is 0 Å². The van der Waals surface area contributed by atoms with Gasteiger partial charge in [-0.2, -0.15) is 0 Å². The Hall–Kier alpha value is -2.10. The summed E-state index contributed by atoms with van der Waals surface area (Å²) < 4.78 is 1.71. The second-order valence-electron chi connectivity index (χ2n) is 3.49. The van der Waals surface area contributed by atoms with Gasteiger partial charge in [-0.25, -0.2) is 9.78 Å². The van der Waals surface area contributed by atoms with E-state index in [1.165, 1.54) is 18.1 Å². The fourth-order valence-electron chi connectivity index (χ4n) is 1.51. The van der Waals surface area contributed by atoms with Gasteiger partial charge < -0.3 is 9.67 Å². The highest BCUT2D eigenvalue weighted by atomic mass is 16.4. The Morgan fingerprint density at radius 2 is 2.31 bits per heavy atom. The minimum atomic E-state index is -1.01. The summed E-state index contributed by atoms with van der Waals surface area (Å²) in [6, 6.07) is 7.94. The van der Waals surface area contributed by atoms with Crippen LogP contribution in [0.25, 0.3) is 5.69 Å². The lowest BCUT2D eigenvalue weighted by Gasteiger charge is -2.03. The molecule has 0 aliphatic carbocycles. The van der Waals surface area contributed by atoms with Gasteiger partial charge in [-0.3, -0.25) is 0 Å². The van der Waals surface area contributed by atoms with Gasteiger partial charge in [-0.15, -0.1) is 0 Å². The molecule has 16 heavy (non-hydrogen) atoms. The quantitative estimate of drug-likeness (QED) is 0.855. The van der Waals surface area contributed by atoms with Crippen molar-refractivity contribution >= 4 is 5.97 Å². The number of aryl methyl sites for hydroxylation is 1. The van der Waals surface area contributed by atoms with E-state index in [4.69, 9.17) is 5.11 Å². The molecule has 4 heteroatoms. The molecule has 0 aliphatic heterocycles. The second-order valence-corrected chi connectivity index (χ2v) is 3.49. The van der Waals surface area contributed by atoms with E-state index in [-0.39, 0.29) is 5.69 Å². The molecule has 0 atom stereocenters. The van der Waals surface area contributed by atoms with Crippen molar-refractivity contribution in [1.82, 2.24) is 9.55 Å². The van der Waals surface area contributed by atoms with Gasteiger partial charge in [0.15, 0.2) is 5.69 Å². The van der Waals surface area contributed by atoms with Crippen molar-refractivity contribution < 1.29 is 9.90 Å². The molecule has 1 aromatic carbocycles. The molecule has 2 aromatic rings. The minimum Gasteiger partial charge on any atom is -0.476 e. The standard InChI is InChI=1S/C12H12N2O2/c1-2-9-4-3-5-10(6-9)14-7-11(12(15)16)13-8-14/h3-8H,2H2,1H3,(H,15,16). The Labute approximate surface area is 93.2 Å². The monoisotopic (exact) mass is 216 g/mol. The lowest BCUT2D eigenvalue weighted by molar-refractivity contribution is 0.0691. The third-order valence-electron chi connectivity index (χ3n) is 2.42. The molecule has 2 rings (SSSR count). The first-order valence-electron chi connectivity index (χ1n) is 5.07. The van der Waals surface area contributed by atoms with Gasteiger partial charge in [0.2, 0.25) is 0 Å². The number of rotatable bonds is 3. The first-order valence-corrected chi connectivity index (χ1v) is 5.07. The lowest BCUT2D eigenvalue weighted by atomic mass is 10.1. The molecule has 1 heterocycles. The Kier molecular flexibility index (Phi) is 2.72. The zero-order valence-electron chi connectivity index (χ0n) is 8.92. The first kappa shape index (κ1) is 10.4. The molecule has 4 nitrogen and oxygen atoms in total. The van der Waals surface area contributed by atoms with Crippen LogP contribution in [0, 0.1) is 0 Å². The molecule has 0 saturated carbocycles. The summed E-state index contributed by atoms with van der Waals surface area (Å²) >= 11 is 0. The zero-order chi connectivity index (χ0) is 11.5. The van der Waals surface area contributed by atoms with Gasteiger partial charge in [-0.05, 0) is 24.1 Å². The lowest BCUT2D eigenvalue weighted by Crippen LogP contribution is -1.96. The van der Waals surface area contributed by atoms with Crippen LogP contribution in [-0.4, -0.2) is 20.6 Å². The number of carboxylic acids is 1. The number of nitrogens with zero attached hydrogens (tertiary/aromatic N) is 2. The summed E-state index contributed by atoms with van der Waals surface area (Å²) in [6.07, 6.45) is 3.98. The molecule has 0 saturated heterocycles. The van der Waals surface area contributed by atoms with Crippen molar-refractivity contribution in [2.24, 2.45) is 0 Å². The van der Waals surface area contributed by atoms with Crippen molar-refractivity contribution in [2.45, 2.75) is 13.3 Å². The van der Waals surface area contributed by atoms with Crippen LogP contribution in [0.2, 0.25) is 0 Å². The third kappa shape index (κ3) is 1.95. The molecule has 0 spiro atoms. The summed E-state index contributed by atoms with van der Waals surface area (Å²) in [5.41, 5.74) is 2.20. The molecule has 0 radical (unpaired) electrons. The molecule has 1 N–H and O–H groups in total. The highest BCUT2D eigenvalue weighted by Crippen LogP contribution is 2.11. The Morgan fingerprint density at radius 3 is 2.94 bits per heavy atom. The maximum Gasteiger partial charge on any atom is 0.356 e. The molecular weight excluding hydrogens is 204 g/mol. The number of aromatic nitrogens is 2. The van der Waals surface area contributed by atoms with Gasteiger partial charge in [0.1, 0.15) is 6.33 Å². The Bertz CT molecular complexity index is 517. The molecule has 82 valence electrons. The summed E-state index contributed by atoms with van der Waals surface area (Å²) in [7, 11) is 0. The third-order valence-corrected chi connectivity index (χ3v) is 2.42. The largest absolute Gasteiger partial charge is 0.476 e. The molecule has 0 bridgehead atoms. The summed E-state index contributed by atoms with van der Waals surface area (Å²) in [6.45, 7) is 2.08. The topological polar surface area (TPSA) is 55.1 Å². The number of benzene rings is 1. The summed E-state index contributed by atoms with van der Waals surface area (Å²) in [5, 5.41) is 8.77. The molecule has 0 amide bonds. The van der Waals surface area contributed by atoms with Crippen molar-refractivity contribution in [3.05, 3.63) is 48.0 Å². The number of hydrogen-bond acceptors (Lipinski definition) is 2. The number of hydrogen-bond donors (Lipinski definition) is 1. The van der Waals surface area contributed by atoms with Crippen LogP contribution in [0.15, 0.2) is 36.8 Å². The van der Waals surface area contributed by atoms with Gasteiger partial charge in [0.05, 0.1) is 0 Å². The maximum absolute atomic E-state index is 10.7.